The van der Waals surface area contributed by atoms with Crippen molar-refractivity contribution in [3.05, 3.63) is 71.3 Å². The van der Waals surface area contributed by atoms with E-state index in [4.69, 9.17) is 12.2 Å². The number of hydrogen-bond acceptors (Lipinski definition) is 3. The van der Waals surface area contributed by atoms with Crippen molar-refractivity contribution >= 4 is 29.8 Å². The van der Waals surface area contributed by atoms with Crippen LogP contribution in [0.5, 0.6) is 0 Å². The molecule has 2 aromatic rings. The van der Waals surface area contributed by atoms with Crippen molar-refractivity contribution in [3.63, 3.8) is 0 Å². The van der Waals surface area contributed by atoms with E-state index in [0.717, 1.165) is 11.1 Å². The lowest BCUT2D eigenvalue weighted by atomic mass is 10.2. The second-order valence-corrected chi connectivity index (χ2v) is 4.58. The first kappa shape index (κ1) is 15.7. The van der Waals surface area contributed by atoms with Crippen molar-refractivity contribution in [1.29, 1.82) is 0 Å². The second kappa shape index (κ2) is 7.94. The number of nitrogens with one attached hydrogen (secondary N) is 2. The normalized spacial score (nSPS) is 11.0. The van der Waals surface area contributed by atoms with Crippen molar-refractivity contribution in [2.24, 2.45) is 10.2 Å². The summed E-state index contributed by atoms with van der Waals surface area (Å²) in [6.45, 7) is 0. The Morgan fingerprint density at radius 2 is 1.14 bits per heavy atom. The smallest absolute Gasteiger partial charge is 0.207 e. The highest BCUT2D eigenvalue weighted by atomic mass is 32.1. The van der Waals surface area contributed by atoms with Crippen LogP contribution in [0.15, 0.2) is 58.7 Å². The van der Waals surface area contributed by atoms with Gasteiger partial charge in [-0.3, -0.25) is 10.9 Å². The number of rotatable bonds is 4. The average molecular weight is 318 g/mol. The second-order valence-electron chi connectivity index (χ2n) is 4.17. The maximum atomic E-state index is 12.7. The molecular formula is C15H12F2N4S. The van der Waals surface area contributed by atoms with Gasteiger partial charge in [0.1, 0.15) is 11.6 Å². The number of thiocarbonyl (C=S) groups is 1. The highest BCUT2D eigenvalue weighted by Crippen LogP contribution is 2.00. The van der Waals surface area contributed by atoms with Gasteiger partial charge in [-0.1, -0.05) is 24.3 Å². The topological polar surface area (TPSA) is 48.8 Å². The molecule has 0 saturated carbocycles. The molecule has 2 rings (SSSR count). The van der Waals surface area contributed by atoms with Crippen LogP contribution in [0, 0.1) is 11.6 Å². The standard InChI is InChI=1S/C15H12F2N4S/c16-13-5-1-11(2-6-13)9-18-20-15(22)21-19-10-12-3-7-14(17)8-4-12/h1-10H,(H2,20,21,22)/b18-9+,19-10+. The van der Waals surface area contributed by atoms with Gasteiger partial charge in [-0.15, -0.1) is 0 Å². The lowest BCUT2D eigenvalue weighted by Gasteiger charge is -2.01. The minimum Gasteiger partial charge on any atom is -0.252 e. The van der Waals surface area contributed by atoms with Gasteiger partial charge in [-0.05, 0) is 47.6 Å². The molecule has 0 aromatic heterocycles. The lowest BCUT2D eigenvalue weighted by molar-refractivity contribution is 0.627. The molecule has 0 atom stereocenters. The summed E-state index contributed by atoms with van der Waals surface area (Å²) in [6.07, 6.45) is 2.99. The molecule has 0 radical (unpaired) electrons. The van der Waals surface area contributed by atoms with E-state index >= 15 is 0 Å². The molecule has 0 aliphatic carbocycles. The maximum absolute atomic E-state index is 12.7. The monoisotopic (exact) mass is 318 g/mol. The first-order valence-corrected chi connectivity index (χ1v) is 6.67. The Kier molecular flexibility index (Phi) is 5.67. The summed E-state index contributed by atoms with van der Waals surface area (Å²) in [4.78, 5) is 0. The molecule has 4 nitrogen and oxygen atoms in total. The van der Waals surface area contributed by atoms with Gasteiger partial charge >= 0.3 is 0 Å². The fraction of sp³-hybridized carbons (Fsp3) is 0. The van der Waals surface area contributed by atoms with Gasteiger partial charge in [0.25, 0.3) is 0 Å². The van der Waals surface area contributed by atoms with Gasteiger partial charge in [0, 0.05) is 0 Å². The zero-order valence-electron chi connectivity index (χ0n) is 11.3. The highest BCUT2D eigenvalue weighted by Gasteiger charge is 1.92. The number of nitrogens with zero attached hydrogens (tertiary/aromatic N) is 2. The Morgan fingerprint density at radius 1 is 0.773 bits per heavy atom. The largest absolute Gasteiger partial charge is 0.252 e. The van der Waals surface area contributed by atoms with Crippen molar-refractivity contribution in [2.75, 3.05) is 0 Å². The van der Waals surface area contributed by atoms with Crippen molar-refractivity contribution in [3.8, 4) is 0 Å². The van der Waals surface area contributed by atoms with Crippen LogP contribution in [-0.2, 0) is 0 Å². The first-order chi connectivity index (χ1) is 10.6. The summed E-state index contributed by atoms with van der Waals surface area (Å²) in [5.74, 6) is -0.616. The molecule has 0 bridgehead atoms. The predicted octanol–water partition coefficient (Wildman–Crippen LogP) is 2.80. The third-order valence-electron chi connectivity index (χ3n) is 2.50. The highest BCUT2D eigenvalue weighted by molar-refractivity contribution is 7.80. The van der Waals surface area contributed by atoms with E-state index in [9.17, 15) is 8.78 Å². The van der Waals surface area contributed by atoms with Crippen LogP contribution in [0.3, 0.4) is 0 Å². The third-order valence-corrected chi connectivity index (χ3v) is 2.68. The summed E-state index contributed by atoms with van der Waals surface area (Å²) >= 11 is 4.96. The van der Waals surface area contributed by atoms with Gasteiger partial charge in [-0.2, -0.15) is 10.2 Å². The molecule has 0 spiro atoms. The average Bonchev–Trinajstić information content (AvgIpc) is 2.51. The molecular weight excluding hydrogens is 306 g/mol. The van der Waals surface area contributed by atoms with Crippen LogP contribution >= 0.6 is 12.2 Å². The predicted molar refractivity (Wildman–Crippen MR) is 86.9 cm³/mol. The van der Waals surface area contributed by atoms with Crippen molar-refractivity contribution in [2.45, 2.75) is 0 Å². The van der Waals surface area contributed by atoms with E-state index in [1.807, 2.05) is 0 Å². The van der Waals surface area contributed by atoms with Crippen LogP contribution in [0.25, 0.3) is 0 Å². The van der Waals surface area contributed by atoms with Crippen LogP contribution in [0.2, 0.25) is 0 Å². The van der Waals surface area contributed by atoms with E-state index < -0.39 is 0 Å². The van der Waals surface area contributed by atoms with E-state index in [2.05, 4.69) is 21.1 Å². The summed E-state index contributed by atoms with van der Waals surface area (Å²) in [5, 5.41) is 7.96. The summed E-state index contributed by atoms with van der Waals surface area (Å²) in [7, 11) is 0. The molecule has 0 aliphatic rings. The summed E-state index contributed by atoms with van der Waals surface area (Å²) in [6, 6.07) is 11.7. The Hall–Kier alpha value is -2.67. The number of hydrogen-bond donors (Lipinski definition) is 2. The Morgan fingerprint density at radius 3 is 1.50 bits per heavy atom. The van der Waals surface area contributed by atoms with E-state index in [1.54, 1.807) is 24.3 Å². The maximum Gasteiger partial charge on any atom is 0.207 e. The minimum absolute atomic E-state index is 0.191. The fourth-order valence-electron chi connectivity index (χ4n) is 1.45. The van der Waals surface area contributed by atoms with Gasteiger partial charge < -0.3 is 0 Å². The third kappa shape index (κ3) is 5.37. The quantitative estimate of drug-likeness (QED) is 0.518. The van der Waals surface area contributed by atoms with E-state index in [0.29, 0.717) is 0 Å². The molecule has 112 valence electrons. The summed E-state index contributed by atoms with van der Waals surface area (Å²) < 4.78 is 25.4. The van der Waals surface area contributed by atoms with Gasteiger partial charge in [0.15, 0.2) is 0 Å². The van der Waals surface area contributed by atoms with Crippen LogP contribution in [0.1, 0.15) is 11.1 Å². The van der Waals surface area contributed by atoms with Gasteiger partial charge in [-0.25, -0.2) is 8.78 Å². The molecule has 0 heterocycles. The molecule has 7 heteroatoms. The first-order valence-electron chi connectivity index (χ1n) is 6.27. The summed E-state index contributed by atoms with van der Waals surface area (Å²) in [5.41, 5.74) is 6.58. The molecule has 0 unspecified atom stereocenters. The molecule has 0 aliphatic heterocycles. The molecule has 22 heavy (non-hydrogen) atoms. The number of hydrazone groups is 2. The Bertz CT molecular complexity index is 622. The molecule has 0 fully saturated rings. The SMILES string of the molecule is Fc1ccc(/C=N/NC(=S)N/N=C/c2ccc(F)cc2)cc1. The van der Waals surface area contributed by atoms with E-state index in [-0.39, 0.29) is 16.7 Å². The molecule has 0 saturated heterocycles. The molecule has 0 amide bonds. The number of halogens is 2. The van der Waals surface area contributed by atoms with Crippen LogP contribution in [-0.4, -0.2) is 17.5 Å². The van der Waals surface area contributed by atoms with Crippen molar-refractivity contribution in [1.82, 2.24) is 10.9 Å². The Labute approximate surface area is 131 Å². The lowest BCUT2D eigenvalue weighted by Crippen LogP contribution is -2.28. The molecule has 2 aromatic carbocycles. The van der Waals surface area contributed by atoms with Crippen LogP contribution in [0.4, 0.5) is 8.78 Å². The minimum atomic E-state index is -0.308. The molecule has 2 N–H and O–H groups in total. The number of benzene rings is 2. The van der Waals surface area contributed by atoms with Crippen molar-refractivity contribution < 1.29 is 8.78 Å². The fourth-order valence-corrected chi connectivity index (χ4v) is 1.56. The van der Waals surface area contributed by atoms with E-state index in [1.165, 1.54) is 36.7 Å². The van der Waals surface area contributed by atoms with Gasteiger partial charge in [0.2, 0.25) is 5.11 Å². The zero-order chi connectivity index (χ0) is 15.8. The zero-order valence-corrected chi connectivity index (χ0v) is 12.1. The van der Waals surface area contributed by atoms with Gasteiger partial charge in [0.05, 0.1) is 12.4 Å². The Balaban J connectivity index is 1.78. The van der Waals surface area contributed by atoms with Crippen LogP contribution < -0.4 is 10.9 Å².